The largest absolute Gasteiger partial charge is 1.00 e. The summed E-state index contributed by atoms with van der Waals surface area (Å²) in [5, 5.41) is 0. The van der Waals surface area contributed by atoms with E-state index < -0.39 is 7.81 Å². The van der Waals surface area contributed by atoms with Crippen LogP contribution in [0.1, 0.15) is 1.43 Å². The Bertz CT molecular complexity index is 488. The second-order valence-electron chi connectivity index (χ2n) is 3.39. The van der Waals surface area contributed by atoms with Crippen LogP contribution in [-0.4, -0.2) is 9.97 Å². The first-order valence-electron chi connectivity index (χ1n) is 4.81. The molecule has 2 nitrogen and oxygen atoms in total. The molecule has 0 aromatic carbocycles. The summed E-state index contributed by atoms with van der Waals surface area (Å²) < 4.78 is 59.2. The Balaban J connectivity index is 0. The first-order valence-corrected chi connectivity index (χ1v) is 6.83. The minimum atomic E-state index is -10.7. The minimum absolute atomic E-state index is 0. The Morgan fingerprint density at radius 2 is 1.00 bits per heavy atom. The van der Waals surface area contributed by atoms with Crippen molar-refractivity contribution < 1.29 is 46.1 Å². The summed E-state index contributed by atoms with van der Waals surface area (Å²) in [7, 11) is -10.7. The van der Waals surface area contributed by atoms with E-state index in [1.165, 1.54) is 0 Å². The number of pyridine rings is 2. The van der Waals surface area contributed by atoms with Gasteiger partial charge >= 0.3 is 34.4 Å². The molecule has 0 N–H and O–H groups in total. The monoisotopic (exact) mass is 404 g/mol. The summed E-state index contributed by atoms with van der Waals surface area (Å²) in [6, 6.07) is 11.6. The first-order chi connectivity index (χ1) is 8.42. The van der Waals surface area contributed by atoms with Crippen molar-refractivity contribution in [2.24, 2.45) is 0 Å². The van der Waals surface area contributed by atoms with Crippen molar-refractivity contribution in [3.63, 3.8) is 0 Å². The van der Waals surface area contributed by atoms with Crippen LogP contribution >= 0.6 is 7.81 Å². The summed E-state index contributed by atoms with van der Waals surface area (Å²) >= 11 is 0. The summed E-state index contributed by atoms with van der Waals surface area (Å²) in [6.07, 6.45) is 3.54. The van der Waals surface area contributed by atoms with Crippen LogP contribution < -0.4 is 0 Å². The molecule has 114 valence electrons. The van der Waals surface area contributed by atoms with Gasteiger partial charge in [-0.1, -0.05) is 12.1 Å². The van der Waals surface area contributed by atoms with E-state index in [0.717, 1.165) is 11.4 Å². The van der Waals surface area contributed by atoms with E-state index in [0.29, 0.717) is 0 Å². The zero-order valence-corrected chi connectivity index (χ0v) is 12.2. The van der Waals surface area contributed by atoms with Crippen molar-refractivity contribution in [1.82, 2.24) is 9.97 Å². The molecule has 20 heavy (non-hydrogen) atoms. The van der Waals surface area contributed by atoms with Crippen molar-refractivity contribution in [1.29, 1.82) is 0 Å². The van der Waals surface area contributed by atoms with Crippen LogP contribution in [0.3, 0.4) is 0 Å². The van der Waals surface area contributed by atoms with Crippen LogP contribution in [0.25, 0.3) is 11.4 Å². The number of halogens is 6. The molecule has 0 saturated carbocycles. The van der Waals surface area contributed by atoms with Crippen LogP contribution in [0.4, 0.5) is 25.2 Å². The molecule has 0 amide bonds. The SMILES string of the molecule is F[P-](F)(F)(F)(F)F.[H+].[Ru].c1ccc(-c2ccccn2)nc1. The molecule has 0 saturated heterocycles. The molecule has 2 aromatic rings. The Kier molecular flexibility index (Phi) is 5.43. The normalized spacial score (nSPS) is 13.9. The smallest absolute Gasteiger partial charge is 0.255 e. The summed E-state index contributed by atoms with van der Waals surface area (Å²) in [5.41, 5.74) is 1.83. The van der Waals surface area contributed by atoms with Gasteiger partial charge in [0.15, 0.2) is 0 Å². The number of aromatic nitrogens is 2. The molecule has 0 atom stereocenters. The Hall–Kier alpha value is -1.07. The van der Waals surface area contributed by atoms with Crippen LogP contribution in [0.15, 0.2) is 48.8 Å². The van der Waals surface area contributed by atoms with Gasteiger partial charge in [-0.3, -0.25) is 9.97 Å². The molecule has 2 rings (SSSR count). The Morgan fingerprint density at radius 1 is 0.700 bits per heavy atom. The topological polar surface area (TPSA) is 25.8 Å². The van der Waals surface area contributed by atoms with Crippen LogP contribution in [0.5, 0.6) is 0 Å². The molecule has 0 aliphatic rings. The van der Waals surface area contributed by atoms with Crippen LogP contribution in [-0.2, 0) is 19.5 Å². The quantitative estimate of drug-likeness (QED) is 0.350. The molecular formula is C10H9F6N2PRu. The predicted molar refractivity (Wildman–Crippen MR) is 62.1 cm³/mol. The van der Waals surface area contributed by atoms with Crippen molar-refractivity contribution in [2.75, 3.05) is 0 Å². The van der Waals surface area contributed by atoms with Gasteiger partial charge in [-0.05, 0) is 24.3 Å². The third kappa shape index (κ3) is 12.0. The van der Waals surface area contributed by atoms with E-state index in [1.807, 2.05) is 36.4 Å². The van der Waals surface area contributed by atoms with Crippen molar-refractivity contribution in [3.05, 3.63) is 48.8 Å². The Labute approximate surface area is 124 Å². The molecule has 0 fully saturated rings. The average molecular weight is 403 g/mol. The van der Waals surface area contributed by atoms with E-state index in [9.17, 15) is 25.2 Å². The molecule has 0 aliphatic heterocycles. The Morgan fingerprint density at radius 3 is 1.20 bits per heavy atom. The molecule has 0 unspecified atom stereocenters. The molecular weight excluding hydrogens is 394 g/mol. The number of hydrogen-bond donors (Lipinski definition) is 0. The summed E-state index contributed by atoms with van der Waals surface area (Å²) in [4.78, 5) is 8.37. The van der Waals surface area contributed by atoms with Gasteiger partial charge < -0.3 is 0 Å². The predicted octanol–water partition coefficient (Wildman–Crippen LogP) is 5.64. The van der Waals surface area contributed by atoms with Gasteiger partial charge in [0.05, 0.1) is 11.4 Å². The maximum Gasteiger partial charge on any atom is 1.00 e. The van der Waals surface area contributed by atoms with E-state index in [-0.39, 0.29) is 20.9 Å². The fraction of sp³-hybridized carbons (Fsp3) is 0. The number of nitrogens with zero attached hydrogens (tertiary/aromatic N) is 2. The third-order valence-corrected chi connectivity index (χ3v) is 1.59. The van der Waals surface area contributed by atoms with Gasteiger partial charge in [-0.15, -0.1) is 0 Å². The molecule has 0 radical (unpaired) electrons. The molecule has 2 aromatic heterocycles. The van der Waals surface area contributed by atoms with Crippen LogP contribution in [0, 0.1) is 0 Å². The van der Waals surface area contributed by atoms with Gasteiger partial charge in [0.2, 0.25) is 0 Å². The molecule has 10 heteroatoms. The van der Waals surface area contributed by atoms with Gasteiger partial charge in [-0.25, -0.2) is 0 Å². The first kappa shape index (κ1) is 18.9. The fourth-order valence-corrected chi connectivity index (χ4v) is 1.03. The van der Waals surface area contributed by atoms with Gasteiger partial charge in [-0.2, -0.15) is 0 Å². The molecule has 0 spiro atoms. The maximum absolute atomic E-state index is 10.7. The third-order valence-electron chi connectivity index (χ3n) is 1.59. The zero-order valence-electron chi connectivity index (χ0n) is 10.6. The molecule has 0 aliphatic carbocycles. The van der Waals surface area contributed by atoms with E-state index >= 15 is 0 Å². The van der Waals surface area contributed by atoms with Gasteiger partial charge in [0.25, 0.3) is 0 Å². The number of hydrogen-bond acceptors (Lipinski definition) is 2. The van der Waals surface area contributed by atoms with Gasteiger partial charge in [0, 0.05) is 31.9 Å². The minimum Gasteiger partial charge on any atom is -0.255 e. The van der Waals surface area contributed by atoms with Crippen molar-refractivity contribution >= 4 is 7.81 Å². The van der Waals surface area contributed by atoms with Crippen molar-refractivity contribution in [2.45, 2.75) is 0 Å². The van der Waals surface area contributed by atoms with E-state index in [4.69, 9.17) is 0 Å². The van der Waals surface area contributed by atoms with Crippen molar-refractivity contribution in [3.8, 4) is 11.4 Å². The summed E-state index contributed by atoms with van der Waals surface area (Å²) in [6.45, 7) is 0. The average Bonchev–Trinajstić information content (AvgIpc) is 2.27. The number of rotatable bonds is 1. The van der Waals surface area contributed by atoms with E-state index in [1.54, 1.807) is 12.4 Å². The fourth-order valence-electron chi connectivity index (χ4n) is 1.03. The van der Waals surface area contributed by atoms with Crippen LogP contribution in [0.2, 0.25) is 0 Å². The standard InChI is InChI=1S/C10H8N2.F6P.Ru/c1-3-7-11-9(5-1)10-6-2-4-8-12-10;1-7(2,3,4,5)6;/h1-8H;;/q;-1;/p+1. The van der Waals surface area contributed by atoms with Gasteiger partial charge in [0.1, 0.15) is 0 Å². The zero-order chi connectivity index (χ0) is 14.6. The second kappa shape index (κ2) is 5.74. The maximum atomic E-state index is 9.87. The second-order valence-corrected chi connectivity index (χ2v) is 5.30. The summed E-state index contributed by atoms with van der Waals surface area (Å²) in [5.74, 6) is 0. The van der Waals surface area contributed by atoms with E-state index in [2.05, 4.69) is 9.97 Å². The molecule has 0 bridgehead atoms. The molecule has 2 heterocycles.